The van der Waals surface area contributed by atoms with Crippen LogP contribution in [0.25, 0.3) is 11.0 Å². The van der Waals surface area contributed by atoms with Gasteiger partial charge in [-0.05, 0) is 31.2 Å². The smallest absolute Gasteiger partial charge is 0.387 e. The SMILES string of the molecule is CC#Cc1cccc2c1C1CC(c3nc4ccc(OC(F)F)cc4n31)N(C)C2=O. The van der Waals surface area contributed by atoms with Crippen LogP contribution < -0.4 is 4.74 Å². The van der Waals surface area contributed by atoms with Crippen molar-refractivity contribution in [1.82, 2.24) is 14.5 Å². The fraction of sp³-hybridized carbons (Fsp3) is 0.273. The Kier molecular flexibility index (Phi) is 3.85. The molecule has 0 spiro atoms. The van der Waals surface area contributed by atoms with Gasteiger partial charge in [0, 0.05) is 36.2 Å². The van der Waals surface area contributed by atoms with E-state index in [0.29, 0.717) is 23.0 Å². The van der Waals surface area contributed by atoms with E-state index in [9.17, 15) is 13.6 Å². The first-order chi connectivity index (χ1) is 14.0. The normalized spacial score (nSPS) is 19.6. The molecule has 1 amide bonds. The standard InChI is InChI=1S/C22H17F2N3O2/c1-3-5-12-6-4-7-14-19(12)17-11-18(26(2)21(14)28)20-25-15-9-8-13(29-22(23)24)10-16(15)27(17)20/h4,6-10,17-18,22H,11H2,1-2H3. The minimum Gasteiger partial charge on any atom is -0.435 e. The Bertz CT molecular complexity index is 1220. The molecule has 29 heavy (non-hydrogen) atoms. The van der Waals surface area contributed by atoms with Crippen LogP contribution in [0.3, 0.4) is 0 Å². The van der Waals surface area contributed by atoms with E-state index in [1.165, 1.54) is 6.07 Å². The summed E-state index contributed by atoms with van der Waals surface area (Å²) in [6.07, 6.45) is 0.663. The first-order valence-electron chi connectivity index (χ1n) is 9.29. The molecule has 2 bridgehead atoms. The third-order valence-corrected chi connectivity index (χ3v) is 5.69. The van der Waals surface area contributed by atoms with Crippen LogP contribution in [0, 0.1) is 11.8 Å². The second kappa shape index (κ2) is 6.31. The molecule has 0 saturated heterocycles. The highest BCUT2D eigenvalue weighted by Gasteiger charge is 2.44. The lowest BCUT2D eigenvalue weighted by atomic mass is 9.93. The van der Waals surface area contributed by atoms with Crippen LogP contribution >= 0.6 is 0 Å². The van der Waals surface area contributed by atoms with Crippen molar-refractivity contribution in [1.29, 1.82) is 0 Å². The Labute approximate surface area is 165 Å². The Morgan fingerprint density at radius 3 is 2.83 bits per heavy atom. The number of carbonyl (C=O) groups excluding carboxylic acids is 1. The zero-order valence-electron chi connectivity index (χ0n) is 15.8. The molecule has 2 atom stereocenters. The number of ether oxygens (including phenoxy) is 1. The number of imidazole rings is 1. The zero-order valence-corrected chi connectivity index (χ0v) is 15.8. The van der Waals surface area contributed by atoms with E-state index in [1.807, 2.05) is 22.8 Å². The van der Waals surface area contributed by atoms with E-state index in [2.05, 4.69) is 16.6 Å². The van der Waals surface area contributed by atoms with Gasteiger partial charge in [0.1, 0.15) is 11.6 Å². The Hall–Kier alpha value is -3.40. The molecule has 7 heteroatoms. The summed E-state index contributed by atoms with van der Waals surface area (Å²) in [7, 11) is 1.78. The van der Waals surface area contributed by atoms with Gasteiger partial charge in [-0.3, -0.25) is 4.79 Å². The van der Waals surface area contributed by atoms with Crippen molar-refractivity contribution >= 4 is 16.9 Å². The molecule has 1 aromatic heterocycles. The first-order valence-corrected chi connectivity index (χ1v) is 9.29. The van der Waals surface area contributed by atoms with E-state index in [1.54, 1.807) is 31.0 Å². The number of nitrogens with zero attached hydrogens (tertiary/aromatic N) is 3. The van der Waals surface area contributed by atoms with Crippen LogP contribution in [-0.4, -0.2) is 34.0 Å². The van der Waals surface area contributed by atoms with Crippen LogP contribution in [0.1, 0.15) is 52.7 Å². The summed E-state index contributed by atoms with van der Waals surface area (Å²) in [6.45, 7) is -1.14. The van der Waals surface area contributed by atoms with Gasteiger partial charge in [-0.25, -0.2) is 4.98 Å². The topological polar surface area (TPSA) is 47.4 Å². The molecule has 0 aliphatic carbocycles. The van der Waals surface area contributed by atoms with E-state index in [-0.39, 0.29) is 23.7 Å². The van der Waals surface area contributed by atoms with E-state index in [4.69, 9.17) is 4.98 Å². The van der Waals surface area contributed by atoms with Crippen LogP contribution in [0.4, 0.5) is 8.78 Å². The quantitative estimate of drug-likeness (QED) is 0.615. The molecular weight excluding hydrogens is 376 g/mol. The molecular formula is C22H17F2N3O2. The lowest BCUT2D eigenvalue weighted by Gasteiger charge is -2.24. The average Bonchev–Trinajstić information content (AvgIpc) is 3.20. The van der Waals surface area contributed by atoms with Crippen molar-refractivity contribution < 1.29 is 18.3 Å². The summed E-state index contributed by atoms with van der Waals surface area (Å²) in [5.41, 5.74) is 3.66. The molecule has 5 rings (SSSR count). The third-order valence-electron chi connectivity index (χ3n) is 5.69. The largest absolute Gasteiger partial charge is 0.435 e. The Balaban J connectivity index is 1.79. The van der Waals surface area contributed by atoms with Gasteiger partial charge in [0.15, 0.2) is 0 Å². The molecule has 0 N–H and O–H groups in total. The van der Waals surface area contributed by atoms with Crippen molar-refractivity contribution in [3.8, 4) is 17.6 Å². The number of amides is 1. The van der Waals surface area contributed by atoms with E-state index < -0.39 is 6.61 Å². The summed E-state index contributed by atoms with van der Waals surface area (Å²) in [5.74, 6) is 6.80. The molecule has 0 radical (unpaired) electrons. The second-order valence-electron chi connectivity index (χ2n) is 7.19. The van der Waals surface area contributed by atoms with Gasteiger partial charge < -0.3 is 14.2 Å². The van der Waals surface area contributed by atoms with Crippen molar-refractivity contribution in [2.24, 2.45) is 0 Å². The number of carbonyl (C=O) groups is 1. The second-order valence-corrected chi connectivity index (χ2v) is 7.19. The van der Waals surface area contributed by atoms with Crippen molar-refractivity contribution in [2.45, 2.75) is 32.0 Å². The zero-order chi connectivity index (χ0) is 20.3. The number of hydrogen-bond acceptors (Lipinski definition) is 3. The maximum Gasteiger partial charge on any atom is 0.387 e. The van der Waals surface area contributed by atoms with E-state index in [0.717, 1.165) is 17.0 Å². The van der Waals surface area contributed by atoms with Crippen molar-refractivity contribution in [3.63, 3.8) is 0 Å². The predicted octanol–water partition coefficient (Wildman–Crippen LogP) is 4.13. The number of rotatable bonds is 2. The average molecular weight is 393 g/mol. The predicted molar refractivity (Wildman–Crippen MR) is 103 cm³/mol. The number of halogens is 2. The summed E-state index contributed by atoms with van der Waals surface area (Å²) in [6, 6.07) is 9.94. The highest BCUT2D eigenvalue weighted by atomic mass is 19.3. The summed E-state index contributed by atoms with van der Waals surface area (Å²) >= 11 is 0. The molecule has 5 nitrogen and oxygen atoms in total. The Morgan fingerprint density at radius 1 is 1.24 bits per heavy atom. The van der Waals surface area contributed by atoms with Gasteiger partial charge in [0.25, 0.3) is 5.91 Å². The molecule has 146 valence electrons. The van der Waals surface area contributed by atoms with Crippen LogP contribution in [0.15, 0.2) is 36.4 Å². The van der Waals surface area contributed by atoms with Gasteiger partial charge in [0.2, 0.25) is 0 Å². The van der Waals surface area contributed by atoms with Crippen LogP contribution in [-0.2, 0) is 0 Å². The van der Waals surface area contributed by atoms with Gasteiger partial charge >= 0.3 is 6.61 Å². The summed E-state index contributed by atoms with van der Waals surface area (Å²) in [5, 5.41) is 0. The number of hydrogen-bond donors (Lipinski definition) is 0. The maximum atomic E-state index is 13.1. The molecule has 3 heterocycles. The van der Waals surface area contributed by atoms with E-state index >= 15 is 0 Å². The molecule has 2 aliphatic heterocycles. The lowest BCUT2D eigenvalue weighted by Crippen LogP contribution is -2.30. The van der Waals surface area contributed by atoms with Crippen LogP contribution in [0.5, 0.6) is 5.75 Å². The third kappa shape index (κ3) is 2.52. The van der Waals surface area contributed by atoms with Gasteiger partial charge in [-0.2, -0.15) is 8.78 Å². The van der Waals surface area contributed by atoms with Gasteiger partial charge in [0.05, 0.1) is 23.1 Å². The number of fused-ring (bicyclic) bond motifs is 9. The Morgan fingerprint density at radius 2 is 2.07 bits per heavy atom. The minimum absolute atomic E-state index is 0.0627. The maximum absolute atomic E-state index is 13.1. The monoisotopic (exact) mass is 393 g/mol. The van der Waals surface area contributed by atoms with Gasteiger partial charge in [-0.1, -0.05) is 12.0 Å². The molecule has 2 aliphatic rings. The number of aromatic nitrogens is 2. The fourth-order valence-corrected chi connectivity index (χ4v) is 4.52. The van der Waals surface area contributed by atoms with Crippen LogP contribution in [0.2, 0.25) is 0 Å². The van der Waals surface area contributed by atoms with Crippen molar-refractivity contribution in [2.75, 3.05) is 7.05 Å². The van der Waals surface area contributed by atoms with Crippen molar-refractivity contribution in [3.05, 3.63) is 58.9 Å². The minimum atomic E-state index is -2.90. The molecule has 0 fully saturated rings. The summed E-state index contributed by atoms with van der Waals surface area (Å²) < 4.78 is 32.1. The molecule has 2 aromatic carbocycles. The molecule has 0 saturated carbocycles. The number of alkyl halides is 2. The fourth-order valence-electron chi connectivity index (χ4n) is 4.52. The highest BCUT2D eigenvalue weighted by molar-refractivity contribution is 5.97. The highest BCUT2D eigenvalue weighted by Crippen LogP contribution is 2.48. The summed E-state index contributed by atoms with van der Waals surface area (Å²) in [4.78, 5) is 19.6. The first kappa shape index (κ1) is 17.7. The lowest BCUT2D eigenvalue weighted by molar-refractivity contribution is -0.0497. The molecule has 3 aromatic rings. The van der Waals surface area contributed by atoms with Gasteiger partial charge in [-0.15, -0.1) is 5.92 Å². The number of benzene rings is 2. The molecule has 2 unspecified atom stereocenters.